The second kappa shape index (κ2) is 7.13. The van der Waals surface area contributed by atoms with Crippen molar-refractivity contribution >= 4 is 27.8 Å². The molecule has 0 saturated heterocycles. The van der Waals surface area contributed by atoms with Crippen LogP contribution in [0.1, 0.15) is 15.9 Å². The van der Waals surface area contributed by atoms with E-state index in [9.17, 15) is 9.90 Å². The van der Waals surface area contributed by atoms with E-state index in [0.29, 0.717) is 21.5 Å². The number of phenols is 1. The fraction of sp³-hybridized carbons (Fsp3) is 0.118. The molecule has 2 aromatic rings. The lowest BCUT2D eigenvalue weighted by atomic mass is 10.1. The van der Waals surface area contributed by atoms with Gasteiger partial charge in [-0.1, -0.05) is 18.2 Å². The van der Waals surface area contributed by atoms with Gasteiger partial charge >= 0.3 is 0 Å². The maximum absolute atomic E-state index is 12.1. The van der Waals surface area contributed by atoms with Crippen molar-refractivity contribution in [3.05, 3.63) is 58.1 Å². The summed E-state index contributed by atoms with van der Waals surface area (Å²) in [7, 11) is 3.12. The predicted molar refractivity (Wildman–Crippen MR) is 88.7 cm³/mol. The van der Waals surface area contributed by atoms with E-state index in [1.54, 1.807) is 44.6 Å². The van der Waals surface area contributed by atoms with Gasteiger partial charge in [0, 0.05) is 5.56 Å². The van der Waals surface area contributed by atoms with E-state index in [1.807, 2.05) is 0 Å². The number of hydrogen-bond acceptors (Lipinski definition) is 4. The minimum atomic E-state index is -0.197. The number of ketones is 1. The summed E-state index contributed by atoms with van der Waals surface area (Å²) >= 11 is 3.39. The fourth-order valence-electron chi connectivity index (χ4n) is 1.91. The number of carbonyl (C=O) groups excluding carboxylic acids is 1. The Bertz CT molecular complexity index is 697. The molecule has 0 aliphatic heterocycles. The molecule has 0 atom stereocenters. The van der Waals surface area contributed by atoms with E-state index in [4.69, 9.17) is 9.47 Å². The molecule has 2 aromatic carbocycles. The van der Waals surface area contributed by atoms with Gasteiger partial charge in [0.1, 0.15) is 21.7 Å². The van der Waals surface area contributed by atoms with E-state index in [1.165, 1.54) is 18.2 Å². The third-order valence-electron chi connectivity index (χ3n) is 3.03. The van der Waals surface area contributed by atoms with Crippen LogP contribution in [0.3, 0.4) is 0 Å². The van der Waals surface area contributed by atoms with Gasteiger partial charge in [-0.25, -0.2) is 0 Å². The number of rotatable bonds is 5. The molecule has 0 fully saturated rings. The van der Waals surface area contributed by atoms with Gasteiger partial charge in [0.05, 0.1) is 14.2 Å². The lowest BCUT2D eigenvalue weighted by molar-refractivity contribution is 0.104. The summed E-state index contributed by atoms with van der Waals surface area (Å²) in [6.45, 7) is 0. The van der Waals surface area contributed by atoms with E-state index in [2.05, 4.69) is 15.9 Å². The Morgan fingerprint density at radius 1 is 1.14 bits per heavy atom. The molecule has 0 aromatic heterocycles. The molecule has 0 heterocycles. The lowest BCUT2D eigenvalue weighted by Crippen LogP contribution is -1.94. The van der Waals surface area contributed by atoms with Crippen LogP contribution in [0.5, 0.6) is 17.2 Å². The van der Waals surface area contributed by atoms with Gasteiger partial charge in [-0.15, -0.1) is 0 Å². The summed E-state index contributed by atoms with van der Waals surface area (Å²) in [6, 6.07) is 9.80. The molecule has 0 saturated carbocycles. The SMILES string of the molecule is COc1cc(C=CC(=O)c2cccc(O)c2)cc(OC)c1Br. The molecule has 0 radical (unpaired) electrons. The topological polar surface area (TPSA) is 55.8 Å². The monoisotopic (exact) mass is 362 g/mol. The van der Waals surface area contributed by atoms with Gasteiger partial charge in [0.2, 0.25) is 0 Å². The molecule has 4 nitrogen and oxygen atoms in total. The molecule has 0 spiro atoms. The summed E-state index contributed by atoms with van der Waals surface area (Å²) in [4.78, 5) is 12.1. The van der Waals surface area contributed by atoms with Crippen molar-refractivity contribution in [2.24, 2.45) is 0 Å². The van der Waals surface area contributed by atoms with Gasteiger partial charge in [0.25, 0.3) is 0 Å². The summed E-state index contributed by atoms with van der Waals surface area (Å²) in [6.07, 6.45) is 3.11. The summed E-state index contributed by atoms with van der Waals surface area (Å²) < 4.78 is 11.2. The number of hydrogen-bond donors (Lipinski definition) is 1. The second-order valence-electron chi connectivity index (χ2n) is 4.49. The molecule has 5 heteroatoms. The highest BCUT2D eigenvalue weighted by Gasteiger charge is 2.09. The van der Waals surface area contributed by atoms with E-state index in [0.717, 1.165) is 5.56 Å². The van der Waals surface area contributed by atoms with Crippen molar-refractivity contribution in [3.63, 3.8) is 0 Å². The Hall–Kier alpha value is -2.27. The quantitative estimate of drug-likeness (QED) is 0.643. The highest BCUT2D eigenvalue weighted by Crippen LogP contribution is 2.36. The average molecular weight is 363 g/mol. The highest BCUT2D eigenvalue weighted by molar-refractivity contribution is 9.10. The van der Waals surface area contributed by atoms with Gasteiger partial charge in [0.15, 0.2) is 5.78 Å². The molecular weight excluding hydrogens is 348 g/mol. The second-order valence-corrected chi connectivity index (χ2v) is 5.28. The molecule has 114 valence electrons. The maximum Gasteiger partial charge on any atom is 0.185 e. The zero-order valence-electron chi connectivity index (χ0n) is 12.2. The third kappa shape index (κ3) is 3.68. The van der Waals surface area contributed by atoms with E-state index < -0.39 is 0 Å². The lowest BCUT2D eigenvalue weighted by Gasteiger charge is -2.09. The Labute approximate surface area is 137 Å². The molecule has 0 aliphatic carbocycles. The van der Waals surface area contributed by atoms with Crippen LogP contribution in [0.2, 0.25) is 0 Å². The number of halogens is 1. The van der Waals surface area contributed by atoms with Crippen LogP contribution >= 0.6 is 15.9 Å². The number of benzene rings is 2. The van der Waals surface area contributed by atoms with Crippen LogP contribution in [0.4, 0.5) is 0 Å². The van der Waals surface area contributed by atoms with E-state index >= 15 is 0 Å². The molecular formula is C17H15BrO4. The molecule has 2 rings (SSSR count). The molecule has 1 N–H and O–H groups in total. The third-order valence-corrected chi connectivity index (χ3v) is 3.81. The Kier molecular flexibility index (Phi) is 5.22. The van der Waals surface area contributed by atoms with Crippen molar-refractivity contribution in [1.29, 1.82) is 0 Å². The van der Waals surface area contributed by atoms with Crippen LogP contribution in [-0.2, 0) is 0 Å². The zero-order valence-corrected chi connectivity index (χ0v) is 13.8. The maximum atomic E-state index is 12.1. The van der Waals surface area contributed by atoms with Gasteiger partial charge in [-0.3, -0.25) is 4.79 Å². The largest absolute Gasteiger partial charge is 0.508 e. The van der Waals surface area contributed by atoms with Crippen LogP contribution in [0.15, 0.2) is 46.9 Å². The van der Waals surface area contributed by atoms with Crippen LogP contribution in [-0.4, -0.2) is 25.1 Å². The van der Waals surface area contributed by atoms with Gasteiger partial charge in [-0.05, 0) is 51.8 Å². The molecule has 0 unspecified atom stereocenters. The number of methoxy groups -OCH3 is 2. The van der Waals surface area contributed by atoms with Crippen molar-refractivity contribution in [2.45, 2.75) is 0 Å². The van der Waals surface area contributed by atoms with Crippen LogP contribution in [0.25, 0.3) is 6.08 Å². The first-order valence-corrected chi connectivity index (χ1v) is 7.27. The first kappa shape index (κ1) is 16.1. The number of carbonyl (C=O) groups is 1. The van der Waals surface area contributed by atoms with Crippen molar-refractivity contribution in [2.75, 3.05) is 14.2 Å². The van der Waals surface area contributed by atoms with Gasteiger partial charge < -0.3 is 14.6 Å². The highest BCUT2D eigenvalue weighted by atomic mass is 79.9. The molecule has 0 amide bonds. The molecule has 22 heavy (non-hydrogen) atoms. The number of ether oxygens (including phenoxy) is 2. The molecule has 0 bridgehead atoms. The van der Waals surface area contributed by atoms with Crippen molar-refractivity contribution in [3.8, 4) is 17.2 Å². The number of phenolic OH excluding ortho intramolecular Hbond substituents is 1. The summed E-state index contributed by atoms with van der Waals surface area (Å²) in [5, 5.41) is 9.40. The average Bonchev–Trinajstić information content (AvgIpc) is 2.53. The normalized spacial score (nSPS) is 10.7. The predicted octanol–water partition coefficient (Wildman–Crippen LogP) is 4.07. The summed E-state index contributed by atoms with van der Waals surface area (Å²) in [5.74, 6) is 1.09. The first-order valence-electron chi connectivity index (χ1n) is 6.48. The Morgan fingerprint density at radius 2 is 1.77 bits per heavy atom. The molecule has 0 aliphatic rings. The first-order chi connectivity index (χ1) is 10.5. The van der Waals surface area contributed by atoms with Crippen LogP contribution < -0.4 is 9.47 Å². The minimum absolute atomic E-state index is 0.0613. The Balaban J connectivity index is 2.28. The Morgan fingerprint density at radius 3 is 2.32 bits per heavy atom. The number of aromatic hydroxyl groups is 1. The van der Waals surface area contributed by atoms with Crippen molar-refractivity contribution < 1.29 is 19.4 Å². The smallest absolute Gasteiger partial charge is 0.185 e. The fourth-order valence-corrected chi connectivity index (χ4v) is 2.47. The van der Waals surface area contributed by atoms with Crippen LogP contribution in [0, 0.1) is 0 Å². The van der Waals surface area contributed by atoms with E-state index in [-0.39, 0.29) is 11.5 Å². The summed E-state index contributed by atoms with van der Waals surface area (Å²) in [5.41, 5.74) is 1.19. The zero-order chi connectivity index (χ0) is 16.1. The number of allylic oxidation sites excluding steroid dienone is 1. The van der Waals surface area contributed by atoms with Crippen molar-refractivity contribution in [1.82, 2.24) is 0 Å². The van der Waals surface area contributed by atoms with Gasteiger partial charge in [-0.2, -0.15) is 0 Å². The standard InChI is InChI=1S/C17H15BrO4/c1-21-15-8-11(9-16(22-2)17(15)18)6-7-14(20)12-4-3-5-13(19)10-12/h3-10,19H,1-2H3. The minimum Gasteiger partial charge on any atom is -0.508 e.